The molecule has 5 nitrogen and oxygen atoms in total. The van der Waals surface area contributed by atoms with Crippen LogP contribution in [0.5, 0.6) is 5.75 Å². The molecule has 0 atom stereocenters. The van der Waals surface area contributed by atoms with E-state index in [4.69, 9.17) is 4.74 Å². The summed E-state index contributed by atoms with van der Waals surface area (Å²) in [6, 6.07) is 14.6. The molecule has 3 rings (SSSR count). The summed E-state index contributed by atoms with van der Waals surface area (Å²) in [7, 11) is 1.40. The number of benzene rings is 2. The van der Waals surface area contributed by atoms with Gasteiger partial charge in [-0.1, -0.05) is 18.2 Å². The predicted molar refractivity (Wildman–Crippen MR) is 100 cm³/mol. The van der Waals surface area contributed by atoms with E-state index < -0.39 is 5.82 Å². The van der Waals surface area contributed by atoms with Gasteiger partial charge in [-0.25, -0.2) is 4.39 Å². The topological polar surface area (TPSA) is 44.8 Å². The molecule has 0 aliphatic carbocycles. The van der Waals surface area contributed by atoms with Crippen molar-refractivity contribution >= 4 is 11.6 Å². The number of hydrogen-bond donors (Lipinski definition) is 1. The zero-order chi connectivity index (χ0) is 18.4. The van der Waals surface area contributed by atoms with Gasteiger partial charge in [0.2, 0.25) is 0 Å². The summed E-state index contributed by atoms with van der Waals surface area (Å²) in [5.41, 5.74) is 1.55. The van der Waals surface area contributed by atoms with Crippen LogP contribution >= 0.6 is 0 Å². The Morgan fingerprint density at radius 3 is 2.50 bits per heavy atom. The molecule has 0 radical (unpaired) electrons. The lowest BCUT2D eigenvalue weighted by molar-refractivity contribution is 0.0947. The van der Waals surface area contributed by atoms with Gasteiger partial charge in [-0.15, -0.1) is 0 Å². The summed E-state index contributed by atoms with van der Waals surface area (Å²) in [6.07, 6.45) is 0. The van der Waals surface area contributed by atoms with Crippen molar-refractivity contribution in [2.45, 2.75) is 0 Å². The molecule has 0 bridgehead atoms. The minimum atomic E-state index is -0.530. The van der Waals surface area contributed by atoms with Crippen LogP contribution in [0.15, 0.2) is 48.5 Å². The fourth-order valence-corrected chi connectivity index (χ4v) is 3.11. The van der Waals surface area contributed by atoms with Crippen molar-refractivity contribution in [3.05, 3.63) is 59.9 Å². The first-order valence-corrected chi connectivity index (χ1v) is 8.81. The number of hydrogen-bond acceptors (Lipinski definition) is 4. The molecule has 1 N–H and O–H groups in total. The van der Waals surface area contributed by atoms with Crippen LogP contribution in [-0.2, 0) is 0 Å². The van der Waals surface area contributed by atoms with E-state index in [-0.39, 0.29) is 11.7 Å². The van der Waals surface area contributed by atoms with Crippen LogP contribution in [0, 0.1) is 5.82 Å². The monoisotopic (exact) mass is 357 g/mol. The molecule has 1 saturated heterocycles. The molecule has 138 valence electrons. The van der Waals surface area contributed by atoms with Gasteiger partial charge in [0.15, 0.2) is 11.6 Å². The van der Waals surface area contributed by atoms with Crippen LogP contribution in [-0.4, -0.2) is 57.2 Å². The molecule has 2 aromatic rings. The van der Waals surface area contributed by atoms with Crippen LogP contribution < -0.4 is 15.0 Å². The van der Waals surface area contributed by atoms with Crippen LogP contribution in [0.2, 0.25) is 0 Å². The van der Waals surface area contributed by atoms with E-state index in [9.17, 15) is 9.18 Å². The number of para-hydroxylation sites is 1. The van der Waals surface area contributed by atoms with Crippen molar-refractivity contribution in [1.29, 1.82) is 0 Å². The molecule has 26 heavy (non-hydrogen) atoms. The van der Waals surface area contributed by atoms with Gasteiger partial charge in [0.25, 0.3) is 5.91 Å². The summed E-state index contributed by atoms with van der Waals surface area (Å²) in [4.78, 5) is 16.8. The van der Waals surface area contributed by atoms with Crippen LogP contribution in [0.25, 0.3) is 0 Å². The van der Waals surface area contributed by atoms with Gasteiger partial charge in [0.05, 0.1) is 7.11 Å². The second-order valence-electron chi connectivity index (χ2n) is 6.27. The van der Waals surface area contributed by atoms with Gasteiger partial charge in [-0.3, -0.25) is 9.69 Å². The Labute approximate surface area is 153 Å². The SMILES string of the molecule is COc1ccc(C(=O)NCCN2CCN(c3ccccc3)CC2)cc1F. The van der Waals surface area contributed by atoms with E-state index >= 15 is 0 Å². The first kappa shape index (κ1) is 18.2. The standard InChI is InChI=1S/C20H24FN3O2/c1-26-19-8-7-16(15-18(19)21)20(25)22-9-10-23-11-13-24(14-12-23)17-5-3-2-4-6-17/h2-8,15H,9-14H2,1H3,(H,22,25). The minimum absolute atomic E-state index is 0.137. The molecule has 0 saturated carbocycles. The quantitative estimate of drug-likeness (QED) is 0.862. The zero-order valence-corrected chi connectivity index (χ0v) is 15.0. The van der Waals surface area contributed by atoms with Crippen molar-refractivity contribution in [3.63, 3.8) is 0 Å². The Bertz CT molecular complexity index is 731. The second kappa shape index (κ2) is 8.67. The van der Waals surface area contributed by atoms with Gasteiger partial charge < -0.3 is 15.0 Å². The maximum atomic E-state index is 13.7. The molecule has 6 heteroatoms. The zero-order valence-electron chi connectivity index (χ0n) is 15.0. The predicted octanol–water partition coefficient (Wildman–Crippen LogP) is 2.39. The Morgan fingerprint density at radius 2 is 1.85 bits per heavy atom. The van der Waals surface area contributed by atoms with Crippen molar-refractivity contribution in [2.75, 3.05) is 51.3 Å². The molecule has 2 aromatic carbocycles. The first-order valence-electron chi connectivity index (χ1n) is 8.81. The third-order valence-corrected chi connectivity index (χ3v) is 4.62. The summed E-state index contributed by atoms with van der Waals surface area (Å²) in [5, 5.41) is 2.85. The first-order chi connectivity index (χ1) is 12.7. The number of carbonyl (C=O) groups is 1. The molecule has 1 heterocycles. The number of piperazine rings is 1. The normalized spacial score (nSPS) is 14.9. The highest BCUT2D eigenvalue weighted by Gasteiger charge is 2.17. The van der Waals surface area contributed by atoms with E-state index in [1.165, 1.54) is 24.9 Å². The number of carbonyl (C=O) groups excluding carboxylic acids is 1. The van der Waals surface area contributed by atoms with Crippen LogP contribution in [0.4, 0.5) is 10.1 Å². The molecule has 0 spiro atoms. The number of anilines is 1. The van der Waals surface area contributed by atoms with Crippen molar-refractivity contribution in [1.82, 2.24) is 10.2 Å². The van der Waals surface area contributed by atoms with Gasteiger partial charge in [-0.05, 0) is 30.3 Å². The highest BCUT2D eigenvalue weighted by atomic mass is 19.1. The van der Waals surface area contributed by atoms with Gasteiger partial charge in [0, 0.05) is 50.5 Å². The highest BCUT2D eigenvalue weighted by molar-refractivity contribution is 5.94. The minimum Gasteiger partial charge on any atom is -0.494 e. The summed E-state index contributed by atoms with van der Waals surface area (Å²) < 4.78 is 18.5. The average molecular weight is 357 g/mol. The molecule has 1 aliphatic heterocycles. The van der Waals surface area contributed by atoms with Crippen molar-refractivity contribution < 1.29 is 13.9 Å². The lowest BCUT2D eigenvalue weighted by atomic mass is 10.2. The summed E-state index contributed by atoms with van der Waals surface area (Å²) in [6.45, 7) is 5.19. The average Bonchev–Trinajstić information content (AvgIpc) is 2.69. The van der Waals surface area contributed by atoms with Gasteiger partial charge in [-0.2, -0.15) is 0 Å². The van der Waals surface area contributed by atoms with Gasteiger partial charge >= 0.3 is 0 Å². The molecule has 0 unspecified atom stereocenters. The summed E-state index contributed by atoms with van der Waals surface area (Å²) in [5.74, 6) is -0.663. The Morgan fingerprint density at radius 1 is 1.12 bits per heavy atom. The van der Waals surface area contributed by atoms with E-state index in [2.05, 4.69) is 39.4 Å². The summed E-state index contributed by atoms with van der Waals surface area (Å²) >= 11 is 0. The number of halogens is 1. The number of nitrogens with one attached hydrogen (secondary N) is 1. The molecule has 1 aliphatic rings. The van der Waals surface area contributed by atoms with Crippen molar-refractivity contribution in [3.8, 4) is 5.75 Å². The lowest BCUT2D eigenvalue weighted by Gasteiger charge is -2.36. The van der Waals surface area contributed by atoms with Gasteiger partial charge in [0.1, 0.15) is 0 Å². The molecule has 1 fully saturated rings. The maximum absolute atomic E-state index is 13.7. The smallest absolute Gasteiger partial charge is 0.251 e. The van der Waals surface area contributed by atoms with Crippen LogP contribution in [0.3, 0.4) is 0 Å². The Balaban J connectivity index is 1.41. The van der Waals surface area contributed by atoms with E-state index in [0.29, 0.717) is 12.1 Å². The number of rotatable bonds is 6. The third kappa shape index (κ3) is 4.52. The van der Waals surface area contributed by atoms with E-state index in [1.807, 2.05) is 6.07 Å². The van der Waals surface area contributed by atoms with Crippen molar-refractivity contribution in [2.24, 2.45) is 0 Å². The fraction of sp³-hybridized carbons (Fsp3) is 0.350. The molecular formula is C20H24FN3O2. The Hall–Kier alpha value is -2.60. The van der Waals surface area contributed by atoms with E-state index in [1.54, 1.807) is 6.07 Å². The number of nitrogens with zero attached hydrogens (tertiary/aromatic N) is 2. The highest BCUT2D eigenvalue weighted by Crippen LogP contribution is 2.18. The molecule has 0 aromatic heterocycles. The van der Waals surface area contributed by atoms with Crippen LogP contribution in [0.1, 0.15) is 10.4 Å². The molecular weight excluding hydrogens is 333 g/mol. The fourth-order valence-electron chi connectivity index (χ4n) is 3.11. The lowest BCUT2D eigenvalue weighted by Crippen LogP contribution is -2.48. The van der Waals surface area contributed by atoms with E-state index in [0.717, 1.165) is 32.7 Å². The molecule has 1 amide bonds. The maximum Gasteiger partial charge on any atom is 0.251 e. The largest absolute Gasteiger partial charge is 0.494 e. The number of amides is 1. The Kier molecular flexibility index (Phi) is 6.07. The third-order valence-electron chi connectivity index (χ3n) is 4.62. The second-order valence-corrected chi connectivity index (χ2v) is 6.27. The number of methoxy groups -OCH3 is 1. The number of ether oxygens (including phenoxy) is 1.